The van der Waals surface area contributed by atoms with E-state index in [2.05, 4.69) is 30.6 Å². The first-order valence-electron chi connectivity index (χ1n) is 9.45. The van der Waals surface area contributed by atoms with E-state index in [9.17, 15) is 18.0 Å². The molecule has 1 aromatic carbocycles. The molecule has 12 heteroatoms. The van der Waals surface area contributed by atoms with Gasteiger partial charge >= 0.3 is 6.03 Å². The second-order valence-electron chi connectivity index (χ2n) is 6.84. The van der Waals surface area contributed by atoms with Crippen LogP contribution in [0.4, 0.5) is 4.79 Å². The summed E-state index contributed by atoms with van der Waals surface area (Å²) >= 11 is 0. The Hall–Kier alpha value is -3.67. The van der Waals surface area contributed by atoms with Gasteiger partial charge in [0.05, 0.1) is 17.6 Å². The molecule has 0 bridgehead atoms. The number of rotatable bonds is 9. The molecule has 2 heterocycles. The molecule has 5 N–H and O–H groups in total. The van der Waals surface area contributed by atoms with E-state index >= 15 is 0 Å². The number of carbonyl (C=O) groups excluding carboxylic acids is 2. The molecule has 3 aromatic rings. The third-order valence-corrected chi connectivity index (χ3v) is 5.75. The number of nitrogens with zero attached hydrogens (tertiary/aromatic N) is 2. The molecule has 0 unspecified atom stereocenters. The minimum Gasteiger partial charge on any atom is -0.354 e. The molecule has 0 saturated heterocycles. The number of aromatic nitrogens is 4. The van der Waals surface area contributed by atoms with E-state index in [1.54, 1.807) is 24.7 Å². The second-order valence-corrected chi connectivity index (χ2v) is 8.53. The molecule has 164 valence electrons. The third-order valence-electron chi connectivity index (χ3n) is 4.41. The molecule has 0 spiro atoms. The van der Waals surface area contributed by atoms with Crippen molar-refractivity contribution in [1.82, 2.24) is 35.3 Å². The van der Waals surface area contributed by atoms with Gasteiger partial charge in [-0.2, -0.15) is 0 Å². The Morgan fingerprint density at radius 1 is 1.03 bits per heavy atom. The Morgan fingerprint density at radius 2 is 1.68 bits per heavy atom. The Labute approximate surface area is 179 Å². The van der Waals surface area contributed by atoms with E-state index in [4.69, 9.17) is 0 Å². The summed E-state index contributed by atoms with van der Waals surface area (Å²) in [5.74, 6) is -0.461. The van der Waals surface area contributed by atoms with Gasteiger partial charge in [0.25, 0.3) is 10.0 Å². The zero-order chi connectivity index (χ0) is 22.3. The summed E-state index contributed by atoms with van der Waals surface area (Å²) in [6.45, 7) is 2.13. The van der Waals surface area contributed by atoms with E-state index in [0.29, 0.717) is 18.7 Å². The summed E-state index contributed by atoms with van der Waals surface area (Å²) in [6, 6.07) is 4.02. The molecule has 2 aromatic heterocycles. The van der Waals surface area contributed by atoms with Crippen LogP contribution >= 0.6 is 0 Å². The lowest BCUT2D eigenvalue weighted by atomic mass is 10.1. The van der Waals surface area contributed by atoms with E-state index in [-0.39, 0.29) is 11.3 Å². The summed E-state index contributed by atoms with van der Waals surface area (Å²) in [6.07, 6.45) is 6.79. The van der Waals surface area contributed by atoms with Gasteiger partial charge < -0.3 is 20.6 Å². The maximum Gasteiger partial charge on any atom is 0.329 e. The first-order chi connectivity index (χ1) is 14.8. The number of sulfonamides is 1. The predicted octanol–water partition coefficient (Wildman–Crippen LogP) is 0.399. The molecular formula is C19H23N7O4S. The Bertz CT molecular complexity index is 1090. The highest BCUT2D eigenvalue weighted by atomic mass is 32.2. The van der Waals surface area contributed by atoms with Crippen molar-refractivity contribution in [3.63, 3.8) is 0 Å². The van der Waals surface area contributed by atoms with E-state index in [1.165, 1.54) is 24.7 Å². The van der Waals surface area contributed by atoms with Gasteiger partial charge in [0.2, 0.25) is 5.91 Å². The quantitative estimate of drug-likeness (QED) is 0.320. The van der Waals surface area contributed by atoms with Crippen LogP contribution in [0.5, 0.6) is 0 Å². The first kappa shape index (κ1) is 22.0. The number of benzene rings is 1. The van der Waals surface area contributed by atoms with Crippen molar-refractivity contribution in [2.75, 3.05) is 6.54 Å². The van der Waals surface area contributed by atoms with Crippen LogP contribution in [0.15, 0.2) is 54.2 Å². The van der Waals surface area contributed by atoms with E-state index < -0.39 is 28.0 Å². The highest BCUT2D eigenvalue weighted by Crippen LogP contribution is 2.10. The van der Waals surface area contributed by atoms with Crippen molar-refractivity contribution in [3.8, 4) is 0 Å². The van der Waals surface area contributed by atoms with Gasteiger partial charge in [-0.3, -0.25) is 4.79 Å². The van der Waals surface area contributed by atoms with Crippen molar-refractivity contribution in [2.45, 2.75) is 30.7 Å². The number of aromatic amines is 2. The molecule has 1 atom stereocenters. The maximum atomic E-state index is 12.6. The summed E-state index contributed by atoms with van der Waals surface area (Å²) in [5.41, 5.74) is 2.34. The summed E-state index contributed by atoms with van der Waals surface area (Å²) in [7, 11) is -4.08. The van der Waals surface area contributed by atoms with Crippen molar-refractivity contribution in [3.05, 3.63) is 66.3 Å². The molecule has 31 heavy (non-hydrogen) atoms. The van der Waals surface area contributed by atoms with Gasteiger partial charge in [-0.15, -0.1) is 0 Å². The fourth-order valence-corrected chi connectivity index (χ4v) is 3.69. The van der Waals surface area contributed by atoms with E-state index in [1.807, 2.05) is 11.6 Å². The number of hydrogen-bond donors (Lipinski definition) is 5. The standard InChI is InChI=1S/C19H23N7O4S/c1-13-2-4-16(5-3-13)31(29,30)26-19(28)25-17(8-15-10-21-12-24-15)18(27)22-7-6-14-9-20-11-23-14/h2-5,9-12,17H,6-8H2,1H3,(H,20,23)(H,21,24)(H,22,27)(H2,25,26,28)/t17-/m0/s1. The molecule has 3 amide bonds. The topological polar surface area (TPSA) is 162 Å². The number of urea groups is 1. The SMILES string of the molecule is Cc1ccc(S(=O)(=O)NC(=O)N[C@@H](Cc2cnc[nH]2)C(=O)NCCc2cnc[nH]2)cc1. The first-order valence-corrected chi connectivity index (χ1v) is 10.9. The minimum absolute atomic E-state index is 0.0534. The van der Waals surface area contributed by atoms with Gasteiger partial charge in [-0.25, -0.2) is 27.9 Å². The van der Waals surface area contributed by atoms with Crippen LogP contribution in [0.2, 0.25) is 0 Å². The number of amides is 3. The average molecular weight is 446 g/mol. The van der Waals surface area contributed by atoms with Crippen molar-refractivity contribution < 1.29 is 18.0 Å². The van der Waals surface area contributed by atoms with Crippen LogP contribution < -0.4 is 15.4 Å². The molecule has 0 aliphatic rings. The number of hydrogen-bond acceptors (Lipinski definition) is 6. The molecular weight excluding hydrogens is 422 g/mol. The van der Waals surface area contributed by atoms with Crippen molar-refractivity contribution in [2.24, 2.45) is 0 Å². The van der Waals surface area contributed by atoms with Gasteiger partial charge in [0, 0.05) is 43.2 Å². The largest absolute Gasteiger partial charge is 0.354 e. The predicted molar refractivity (Wildman–Crippen MR) is 111 cm³/mol. The number of H-pyrrole nitrogens is 2. The zero-order valence-electron chi connectivity index (χ0n) is 16.8. The molecule has 11 nitrogen and oxygen atoms in total. The number of nitrogens with one attached hydrogen (secondary N) is 5. The molecule has 0 aliphatic heterocycles. The molecule has 0 aliphatic carbocycles. The smallest absolute Gasteiger partial charge is 0.329 e. The van der Waals surface area contributed by atoms with Crippen molar-refractivity contribution in [1.29, 1.82) is 0 Å². The molecule has 0 saturated carbocycles. The fraction of sp³-hybridized carbons (Fsp3) is 0.263. The summed E-state index contributed by atoms with van der Waals surface area (Å²) in [5, 5.41) is 5.15. The van der Waals surface area contributed by atoms with Gasteiger partial charge in [0.15, 0.2) is 0 Å². The summed E-state index contributed by atoms with van der Waals surface area (Å²) in [4.78, 5) is 38.6. The lowest BCUT2D eigenvalue weighted by Crippen LogP contribution is -2.52. The number of imidazole rings is 2. The van der Waals surface area contributed by atoms with E-state index in [0.717, 1.165) is 11.3 Å². The monoisotopic (exact) mass is 445 g/mol. The second kappa shape index (κ2) is 9.89. The third kappa shape index (κ3) is 6.40. The van der Waals surface area contributed by atoms with Crippen LogP contribution in [0, 0.1) is 6.92 Å². The number of aryl methyl sites for hydroxylation is 1. The number of carbonyl (C=O) groups is 2. The van der Waals surface area contributed by atoms with Crippen LogP contribution in [-0.4, -0.2) is 52.9 Å². The van der Waals surface area contributed by atoms with Gasteiger partial charge in [0.1, 0.15) is 6.04 Å². The molecule has 3 rings (SSSR count). The highest BCUT2D eigenvalue weighted by Gasteiger charge is 2.24. The molecule has 0 fully saturated rings. The highest BCUT2D eigenvalue weighted by molar-refractivity contribution is 7.90. The van der Waals surface area contributed by atoms with Gasteiger partial charge in [-0.05, 0) is 19.1 Å². The van der Waals surface area contributed by atoms with Crippen LogP contribution in [0.1, 0.15) is 17.0 Å². The fourth-order valence-electron chi connectivity index (χ4n) is 2.78. The van der Waals surface area contributed by atoms with Crippen molar-refractivity contribution >= 4 is 22.0 Å². The Kier molecular flexibility index (Phi) is 7.03. The maximum absolute atomic E-state index is 12.6. The Morgan fingerprint density at radius 3 is 2.29 bits per heavy atom. The molecule has 0 radical (unpaired) electrons. The normalized spacial score (nSPS) is 12.2. The zero-order valence-corrected chi connectivity index (χ0v) is 17.6. The van der Waals surface area contributed by atoms with Crippen LogP contribution in [0.25, 0.3) is 0 Å². The lowest BCUT2D eigenvalue weighted by molar-refractivity contribution is -0.122. The minimum atomic E-state index is -4.08. The lowest BCUT2D eigenvalue weighted by Gasteiger charge is -2.18. The van der Waals surface area contributed by atoms with Gasteiger partial charge in [-0.1, -0.05) is 17.7 Å². The van der Waals surface area contributed by atoms with Crippen LogP contribution in [-0.2, 0) is 27.7 Å². The summed E-state index contributed by atoms with van der Waals surface area (Å²) < 4.78 is 26.8. The average Bonchev–Trinajstić information content (AvgIpc) is 3.41. The van der Waals surface area contributed by atoms with Crippen LogP contribution in [0.3, 0.4) is 0 Å². The Balaban J connectivity index is 1.63.